The van der Waals surface area contributed by atoms with Crippen molar-refractivity contribution in [3.05, 3.63) is 53.6 Å². The van der Waals surface area contributed by atoms with Crippen molar-refractivity contribution in [1.29, 1.82) is 0 Å². The molecule has 0 spiro atoms. The van der Waals surface area contributed by atoms with E-state index in [2.05, 4.69) is 36.5 Å². The van der Waals surface area contributed by atoms with Crippen molar-refractivity contribution in [2.24, 2.45) is 0 Å². The zero-order valence-corrected chi connectivity index (χ0v) is 12.9. The van der Waals surface area contributed by atoms with E-state index in [9.17, 15) is 5.11 Å². The highest BCUT2D eigenvalue weighted by atomic mass is 16.5. The third-order valence-electron chi connectivity index (χ3n) is 3.58. The van der Waals surface area contributed by atoms with Gasteiger partial charge in [-0.05, 0) is 43.2 Å². The molecule has 0 aliphatic heterocycles. The number of ether oxygens (including phenoxy) is 1. The summed E-state index contributed by atoms with van der Waals surface area (Å²) in [5.41, 5.74) is 3.26. The number of benzene rings is 2. The van der Waals surface area contributed by atoms with Crippen molar-refractivity contribution in [1.82, 2.24) is 0 Å². The van der Waals surface area contributed by atoms with Crippen LogP contribution in [0.15, 0.2) is 42.5 Å². The van der Waals surface area contributed by atoms with Gasteiger partial charge in [-0.2, -0.15) is 0 Å². The molecule has 2 aromatic rings. The lowest BCUT2D eigenvalue weighted by Gasteiger charge is -2.17. The number of methoxy groups -OCH3 is 1. The summed E-state index contributed by atoms with van der Waals surface area (Å²) in [5.74, 6) is 0.907. The van der Waals surface area contributed by atoms with Gasteiger partial charge in [0.2, 0.25) is 0 Å². The van der Waals surface area contributed by atoms with Crippen LogP contribution in [-0.2, 0) is 6.42 Å². The summed E-state index contributed by atoms with van der Waals surface area (Å²) < 4.78 is 5.10. The zero-order chi connectivity index (χ0) is 15.2. The molecule has 21 heavy (non-hydrogen) atoms. The summed E-state index contributed by atoms with van der Waals surface area (Å²) in [5, 5.41) is 13.5. The second kappa shape index (κ2) is 7.02. The maximum atomic E-state index is 10.1. The minimum Gasteiger partial charge on any atom is -0.507 e. The van der Waals surface area contributed by atoms with Gasteiger partial charge >= 0.3 is 0 Å². The van der Waals surface area contributed by atoms with Crippen molar-refractivity contribution in [2.45, 2.75) is 32.7 Å². The highest BCUT2D eigenvalue weighted by Crippen LogP contribution is 2.30. The van der Waals surface area contributed by atoms with E-state index in [1.54, 1.807) is 13.2 Å². The molecule has 0 aliphatic carbocycles. The van der Waals surface area contributed by atoms with Gasteiger partial charge in [-0.15, -0.1) is 0 Å². The number of phenols is 1. The van der Waals surface area contributed by atoms with Crippen molar-refractivity contribution < 1.29 is 9.84 Å². The Morgan fingerprint density at radius 1 is 1.14 bits per heavy atom. The number of nitrogens with one attached hydrogen (secondary N) is 1. The van der Waals surface area contributed by atoms with Crippen molar-refractivity contribution in [3.8, 4) is 11.5 Å². The van der Waals surface area contributed by atoms with E-state index in [0.717, 1.165) is 24.1 Å². The predicted octanol–water partition coefficient (Wildman–Crippen LogP) is 4.53. The maximum absolute atomic E-state index is 10.1. The van der Waals surface area contributed by atoms with Crippen LogP contribution in [0.4, 0.5) is 5.69 Å². The maximum Gasteiger partial charge on any atom is 0.124 e. The lowest BCUT2D eigenvalue weighted by molar-refractivity contribution is 0.406. The highest BCUT2D eigenvalue weighted by molar-refractivity contribution is 5.49. The predicted molar refractivity (Wildman–Crippen MR) is 87.1 cm³/mol. The van der Waals surface area contributed by atoms with Crippen LogP contribution >= 0.6 is 0 Å². The molecule has 0 heterocycles. The first-order chi connectivity index (χ1) is 10.1. The molecule has 0 bridgehead atoms. The molecular weight excluding hydrogens is 262 g/mol. The lowest BCUT2D eigenvalue weighted by Crippen LogP contribution is -2.07. The minimum absolute atomic E-state index is 0.0212. The fraction of sp³-hybridized carbons (Fsp3) is 0.333. The Kier molecular flexibility index (Phi) is 5.09. The van der Waals surface area contributed by atoms with Gasteiger partial charge in [0.05, 0.1) is 13.2 Å². The fourth-order valence-corrected chi connectivity index (χ4v) is 2.40. The smallest absolute Gasteiger partial charge is 0.124 e. The summed E-state index contributed by atoms with van der Waals surface area (Å²) in [6, 6.07) is 13.9. The lowest BCUT2D eigenvalue weighted by atomic mass is 10.1. The molecule has 0 aliphatic rings. The first-order valence-corrected chi connectivity index (χ1v) is 7.36. The van der Waals surface area contributed by atoms with E-state index in [1.165, 1.54) is 5.56 Å². The number of aromatic hydroxyl groups is 1. The Hall–Kier alpha value is -2.16. The average Bonchev–Trinajstić information content (AvgIpc) is 2.49. The number of anilines is 1. The van der Waals surface area contributed by atoms with Gasteiger partial charge < -0.3 is 15.2 Å². The van der Waals surface area contributed by atoms with Crippen LogP contribution in [0.25, 0.3) is 0 Å². The number of hydrogen-bond donors (Lipinski definition) is 2. The summed E-state index contributed by atoms with van der Waals surface area (Å²) in [6.07, 6.45) is 2.26. The minimum atomic E-state index is 0.0212. The molecule has 0 saturated heterocycles. The van der Waals surface area contributed by atoms with E-state index < -0.39 is 0 Å². The van der Waals surface area contributed by atoms with Gasteiger partial charge in [0, 0.05) is 17.3 Å². The van der Waals surface area contributed by atoms with Crippen LogP contribution in [0, 0.1) is 0 Å². The molecule has 0 amide bonds. The first kappa shape index (κ1) is 15.2. The standard InChI is InChI=1S/C18H23NO2/c1-4-5-14-6-8-15(9-7-14)19-13(2)17-11-10-16(21-3)12-18(17)20/h6-13,19-20H,4-5H2,1-3H3. The number of aryl methyl sites for hydroxylation is 1. The Labute approximate surface area is 126 Å². The van der Waals surface area contributed by atoms with Crippen molar-refractivity contribution in [2.75, 3.05) is 12.4 Å². The van der Waals surface area contributed by atoms with E-state index in [0.29, 0.717) is 5.75 Å². The van der Waals surface area contributed by atoms with Gasteiger partial charge in [0.15, 0.2) is 0 Å². The molecule has 3 nitrogen and oxygen atoms in total. The Bertz CT molecular complexity index is 578. The largest absolute Gasteiger partial charge is 0.507 e. The third-order valence-corrected chi connectivity index (χ3v) is 3.58. The Morgan fingerprint density at radius 2 is 1.86 bits per heavy atom. The molecule has 112 valence electrons. The Morgan fingerprint density at radius 3 is 2.43 bits per heavy atom. The number of hydrogen-bond acceptors (Lipinski definition) is 3. The SMILES string of the molecule is CCCc1ccc(NC(C)c2ccc(OC)cc2O)cc1. The molecule has 2 N–H and O–H groups in total. The van der Waals surface area contributed by atoms with Gasteiger partial charge in [-0.25, -0.2) is 0 Å². The van der Waals surface area contributed by atoms with E-state index in [4.69, 9.17) is 4.74 Å². The summed E-state index contributed by atoms with van der Waals surface area (Å²) >= 11 is 0. The normalized spacial score (nSPS) is 12.0. The Balaban J connectivity index is 2.08. The van der Waals surface area contributed by atoms with Crippen LogP contribution in [0.5, 0.6) is 11.5 Å². The highest BCUT2D eigenvalue weighted by Gasteiger charge is 2.11. The monoisotopic (exact) mass is 285 g/mol. The average molecular weight is 285 g/mol. The van der Waals surface area contributed by atoms with Crippen LogP contribution in [0.3, 0.4) is 0 Å². The molecular formula is C18H23NO2. The fourth-order valence-electron chi connectivity index (χ4n) is 2.40. The summed E-state index contributed by atoms with van der Waals surface area (Å²) in [4.78, 5) is 0. The third kappa shape index (κ3) is 3.91. The van der Waals surface area contributed by atoms with Gasteiger partial charge in [0.25, 0.3) is 0 Å². The molecule has 2 aromatic carbocycles. The second-order valence-electron chi connectivity index (χ2n) is 5.24. The van der Waals surface area contributed by atoms with Gasteiger partial charge in [-0.1, -0.05) is 25.5 Å². The van der Waals surface area contributed by atoms with Crippen LogP contribution < -0.4 is 10.1 Å². The van der Waals surface area contributed by atoms with Gasteiger partial charge in [0.1, 0.15) is 11.5 Å². The summed E-state index contributed by atoms with van der Waals surface area (Å²) in [6.45, 7) is 4.21. The van der Waals surface area contributed by atoms with E-state index in [-0.39, 0.29) is 11.8 Å². The molecule has 0 aromatic heterocycles. The van der Waals surface area contributed by atoms with Crippen LogP contribution in [-0.4, -0.2) is 12.2 Å². The quantitative estimate of drug-likeness (QED) is 0.819. The first-order valence-electron chi connectivity index (χ1n) is 7.36. The number of phenolic OH excluding ortho intramolecular Hbond substituents is 1. The van der Waals surface area contributed by atoms with Crippen molar-refractivity contribution in [3.63, 3.8) is 0 Å². The van der Waals surface area contributed by atoms with E-state index >= 15 is 0 Å². The topological polar surface area (TPSA) is 41.5 Å². The molecule has 1 unspecified atom stereocenters. The van der Waals surface area contributed by atoms with Crippen molar-refractivity contribution >= 4 is 5.69 Å². The van der Waals surface area contributed by atoms with Gasteiger partial charge in [-0.3, -0.25) is 0 Å². The zero-order valence-electron chi connectivity index (χ0n) is 12.9. The summed E-state index contributed by atoms with van der Waals surface area (Å²) in [7, 11) is 1.59. The molecule has 3 heteroatoms. The molecule has 1 atom stereocenters. The molecule has 0 radical (unpaired) electrons. The molecule has 0 saturated carbocycles. The number of rotatable bonds is 6. The van der Waals surface area contributed by atoms with Crippen LogP contribution in [0.1, 0.15) is 37.4 Å². The van der Waals surface area contributed by atoms with Crippen LogP contribution in [0.2, 0.25) is 0 Å². The molecule has 2 rings (SSSR count). The molecule has 0 fully saturated rings. The second-order valence-corrected chi connectivity index (χ2v) is 5.24. The van der Waals surface area contributed by atoms with E-state index in [1.807, 2.05) is 19.1 Å².